The van der Waals surface area contributed by atoms with E-state index in [1.807, 2.05) is 52.1 Å². The zero-order valence-corrected chi connectivity index (χ0v) is 19.4. The Balaban J connectivity index is 1.41. The minimum absolute atomic E-state index is 0.0124. The Morgan fingerprint density at radius 3 is 2.78 bits per heavy atom. The van der Waals surface area contributed by atoms with Crippen LogP contribution in [0.5, 0.6) is 0 Å². The third kappa shape index (κ3) is 5.70. The van der Waals surface area contributed by atoms with Gasteiger partial charge in [-0.25, -0.2) is 19.7 Å². The van der Waals surface area contributed by atoms with Crippen LogP contribution in [0.25, 0.3) is 10.4 Å². The lowest BCUT2D eigenvalue weighted by Crippen LogP contribution is -2.40. The number of ether oxygens (including phenoxy) is 1. The third-order valence-corrected chi connectivity index (χ3v) is 5.72. The molecule has 0 saturated carbocycles. The molecule has 0 unspecified atom stereocenters. The fourth-order valence-corrected chi connectivity index (χ4v) is 4.26. The summed E-state index contributed by atoms with van der Waals surface area (Å²) in [5, 5.41) is 7.00. The van der Waals surface area contributed by atoms with Crippen molar-refractivity contribution in [2.75, 3.05) is 23.3 Å². The van der Waals surface area contributed by atoms with Crippen LogP contribution in [0.4, 0.5) is 21.6 Å². The van der Waals surface area contributed by atoms with Crippen molar-refractivity contribution in [1.29, 1.82) is 0 Å². The van der Waals surface area contributed by atoms with Crippen LogP contribution in [0.3, 0.4) is 0 Å². The molecule has 1 saturated heterocycles. The molecule has 4 heterocycles. The Labute approximate surface area is 191 Å². The first-order valence-electron chi connectivity index (χ1n) is 10.5. The van der Waals surface area contributed by atoms with Crippen LogP contribution in [0.15, 0.2) is 36.8 Å². The van der Waals surface area contributed by atoms with Crippen LogP contribution >= 0.6 is 11.3 Å². The number of anilines is 3. The van der Waals surface area contributed by atoms with Crippen LogP contribution in [-0.2, 0) is 4.74 Å². The van der Waals surface area contributed by atoms with Gasteiger partial charge in [-0.05, 0) is 51.8 Å². The molecule has 0 aromatic carbocycles. The van der Waals surface area contributed by atoms with Gasteiger partial charge < -0.3 is 20.3 Å². The van der Waals surface area contributed by atoms with E-state index in [-0.39, 0.29) is 12.1 Å². The summed E-state index contributed by atoms with van der Waals surface area (Å²) in [5.74, 6) is 2.17. The Kier molecular flexibility index (Phi) is 6.22. The van der Waals surface area contributed by atoms with Gasteiger partial charge in [-0.2, -0.15) is 0 Å². The molecule has 0 radical (unpaired) electrons. The molecule has 1 amide bonds. The highest BCUT2D eigenvalue weighted by Gasteiger charge is 2.27. The number of nitrogens with one attached hydrogen (secondary N) is 2. The van der Waals surface area contributed by atoms with Crippen LogP contribution in [0.1, 0.15) is 33.0 Å². The minimum atomic E-state index is -0.514. The van der Waals surface area contributed by atoms with Crippen molar-refractivity contribution < 1.29 is 9.53 Å². The zero-order valence-electron chi connectivity index (χ0n) is 18.6. The largest absolute Gasteiger partial charge is 0.444 e. The number of amides is 1. The standard InChI is InChI=1S/C22H27N7O2S/c1-14-25-18(28-20-24-12-17(32-20)15-5-8-23-9-6-15)11-19(26-14)29-10-7-16(13-29)27-21(30)31-22(2,3)4/h5-6,8-9,11-12,16H,7,10,13H2,1-4H3,(H,27,30)(H,24,25,26,28)/t16-/m0/s1. The average Bonchev–Trinajstić information content (AvgIpc) is 3.36. The van der Waals surface area contributed by atoms with Crippen molar-refractivity contribution in [3.63, 3.8) is 0 Å². The van der Waals surface area contributed by atoms with Gasteiger partial charge >= 0.3 is 6.09 Å². The second-order valence-electron chi connectivity index (χ2n) is 8.63. The molecule has 0 bridgehead atoms. The number of aryl methyl sites for hydroxylation is 1. The number of alkyl carbamates (subject to hydrolysis) is 1. The summed E-state index contributed by atoms with van der Waals surface area (Å²) in [6, 6.07) is 5.84. The van der Waals surface area contributed by atoms with E-state index in [0.29, 0.717) is 18.2 Å². The van der Waals surface area contributed by atoms with Gasteiger partial charge in [0.2, 0.25) is 0 Å². The molecule has 1 aliphatic heterocycles. The maximum Gasteiger partial charge on any atom is 0.407 e. The summed E-state index contributed by atoms with van der Waals surface area (Å²) < 4.78 is 5.37. The van der Waals surface area contributed by atoms with Crippen molar-refractivity contribution in [3.05, 3.63) is 42.6 Å². The SMILES string of the molecule is Cc1nc(Nc2ncc(-c3ccncc3)s2)cc(N2CC[C@H](NC(=O)OC(C)(C)C)C2)n1. The van der Waals surface area contributed by atoms with Crippen molar-refractivity contribution in [1.82, 2.24) is 25.3 Å². The lowest BCUT2D eigenvalue weighted by atomic mass is 10.2. The smallest absolute Gasteiger partial charge is 0.407 e. The van der Waals surface area contributed by atoms with Crippen molar-refractivity contribution >= 4 is 34.2 Å². The number of carbonyl (C=O) groups is 1. The predicted molar refractivity (Wildman–Crippen MR) is 125 cm³/mol. The Bertz CT molecular complexity index is 1080. The lowest BCUT2D eigenvalue weighted by Gasteiger charge is -2.22. The van der Waals surface area contributed by atoms with Gasteiger partial charge in [0.1, 0.15) is 23.1 Å². The molecule has 0 aliphatic carbocycles. The molecule has 168 valence electrons. The summed E-state index contributed by atoms with van der Waals surface area (Å²) in [7, 11) is 0. The van der Waals surface area contributed by atoms with Crippen molar-refractivity contribution in [3.8, 4) is 10.4 Å². The molecule has 1 aliphatic rings. The van der Waals surface area contributed by atoms with Gasteiger partial charge in [-0.3, -0.25) is 4.98 Å². The Morgan fingerprint density at radius 2 is 2.03 bits per heavy atom. The molecular formula is C22H27N7O2S. The topological polar surface area (TPSA) is 105 Å². The second-order valence-corrected chi connectivity index (χ2v) is 9.66. The molecule has 0 spiro atoms. The minimum Gasteiger partial charge on any atom is -0.444 e. The molecule has 10 heteroatoms. The van der Waals surface area contributed by atoms with E-state index in [1.54, 1.807) is 23.7 Å². The van der Waals surface area contributed by atoms with E-state index in [9.17, 15) is 4.79 Å². The fraction of sp³-hybridized carbons (Fsp3) is 0.409. The zero-order chi connectivity index (χ0) is 22.7. The van der Waals surface area contributed by atoms with Crippen molar-refractivity contribution in [2.45, 2.75) is 45.8 Å². The van der Waals surface area contributed by atoms with Crippen LogP contribution in [-0.4, -0.2) is 50.8 Å². The lowest BCUT2D eigenvalue weighted by molar-refractivity contribution is 0.0509. The molecule has 32 heavy (non-hydrogen) atoms. The van der Waals surface area contributed by atoms with Gasteiger partial charge in [0.15, 0.2) is 5.13 Å². The number of aromatic nitrogens is 4. The summed E-state index contributed by atoms with van der Waals surface area (Å²) >= 11 is 1.55. The molecule has 3 aromatic rings. The monoisotopic (exact) mass is 453 g/mol. The van der Waals surface area contributed by atoms with E-state index in [4.69, 9.17) is 4.74 Å². The van der Waals surface area contributed by atoms with Gasteiger partial charge in [-0.15, -0.1) is 0 Å². The van der Waals surface area contributed by atoms with Crippen molar-refractivity contribution in [2.24, 2.45) is 0 Å². The summed E-state index contributed by atoms with van der Waals surface area (Å²) in [6.45, 7) is 8.89. The van der Waals surface area contributed by atoms with Gasteiger partial charge in [0, 0.05) is 37.7 Å². The Hall–Kier alpha value is -3.27. The molecular weight excluding hydrogens is 426 g/mol. The van der Waals surface area contributed by atoms with E-state index < -0.39 is 5.60 Å². The quantitative estimate of drug-likeness (QED) is 0.594. The molecule has 9 nitrogen and oxygen atoms in total. The number of rotatable bonds is 5. The highest BCUT2D eigenvalue weighted by atomic mass is 32.1. The van der Waals surface area contributed by atoms with E-state index in [1.165, 1.54) is 0 Å². The van der Waals surface area contributed by atoms with Crippen LogP contribution in [0, 0.1) is 6.92 Å². The van der Waals surface area contributed by atoms with Gasteiger partial charge in [0.05, 0.1) is 10.9 Å². The van der Waals surface area contributed by atoms with Gasteiger partial charge in [0.25, 0.3) is 0 Å². The van der Waals surface area contributed by atoms with E-state index in [0.717, 1.165) is 34.4 Å². The predicted octanol–water partition coefficient (Wildman–Crippen LogP) is 4.15. The molecule has 2 N–H and O–H groups in total. The number of carbonyl (C=O) groups excluding carboxylic acids is 1. The number of thiazole rings is 1. The highest BCUT2D eigenvalue weighted by molar-refractivity contribution is 7.18. The summed E-state index contributed by atoms with van der Waals surface area (Å²) in [5.41, 5.74) is 0.561. The molecule has 3 aromatic heterocycles. The fourth-order valence-electron chi connectivity index (χ4n) is 3.43. The molecule has 1 fully saturated rings. The second kappa shape index (κ2) is 9.07. The highest BCUT2D eigenvalue weighted by Crippen LogP contribution is 2.30. The summed E-state index contributed by atoms with van der Waals surface area (Å²) in [4.78, 5) is 32.9. The first kappa shape index (κ1) is 21.9. The first-order chi connectivity index (χ1) is 15.2. The molecule has 4 rings (SSSR count). The average molecular weight is 454 g/mol. The third-order valence-electron chi connectivity index (χ3n) is 4.76. The van der Waals surface area contributed by atoms with Crippen LogP contribution in [0.2, 0.25) is 0 Å². The van der Waals surface area contributed by atoms with E-state index >= 15 is 0 Å². The molecule has 1 atom stereocenters. The number of nitrogens with zero attached hydrogens (tertiary/aromatic N) is 5. The number of hydrogen-bond donors (Lipinski definition) is 2. The Morgan fingerprint density at radius 1 is 1.25 bits per heavy atom. The number of hydrogen-bond acceptors (Lipinski definition) is 9. The number of pyridine rings is 1. The first-order valence-corrected chi connectivity index (χ1v) is 11.3. The van der Waals surface area contributed by atoms with Gasteiger partial charge in [-0.1, -0.05) is 11.3 Å². The summed E-state index contributed by atoms with van der Waals surface area (Å²) in [6.07, 6.45) is 5.81. The maximum absolute atomic E-state index is 12.1. The normalized spacial score (nSPS) is 16.1. The maximum atomic E-state index is 12.1. The van der Waals surface area contributed by atoms with Crippen LogP contribution < -0.4 is 15.5 Å². The van der Waals surface area contributed by atoms with E-state index in [2.05, 4.69) is 35.5 Å².